The molecule has 0 saturated carbocycles. The largest absolute Gasteiger partial charge is 0.469 e. The Morgan fingerprint density at radius 1 is 1.71 bits per heavy atom. The van der Waals surface area contributed by atoms with Crippen LogP contribution in [0.5, 0.6) is 0 Å². The second kappa shape index (κ2) is 5.44. The average Bonchev–Trinajstić information content (AvgIpc) is 2.64. The molecule has 0 radical (unpaired) electrons. The lowest BCUT2D eigenvalue weighted by Crippen LogP contribution is -2.41. The summed E-state index contributed by atoms with van der Waals surface area (Å²) in [5, 5.41) is 3.07. The highest BCUT2D eigenvalue weighted by Crippen LogP contribution is 2.00. The monoisotopic (exact) mass is 196 g/mol. The molecule has 1 unspecified atom stereocenters. The lowest BCUT2D eigenvalue weighted by Gasteiger charge is -2.11. The summed E-state index contributed by atoms with van der Waals surface area (Å²) in [6.07, 6.45) is 3.13. The van der Waals surface area contributed by atoms with Crippen LogP contribution >= 0.6 is 0 Å². The van der Waals surface area contributed by atoms with Crippen LogP contribution in [0.4, 0.5) is 0 Å². The second-order valence-corrected chi connectivity index (χ2v) is 3.15. The molecule has 0 fully saturated rings. The summed E-state index contributed by atoms with van der Waals surface area (Å²) >= 11 is 0. The Morgan fingerprint density at radius 2 is 2.50 bits per heavy atom. The Balaban J connectivity index is 2.23. The van der Waals surface area contributed by atoms with Gasteiger partial charge < -0.3 is 15.5 Å². The van der Waals surface area contributed by atoms with E-state index in [1.807, 2.05) is 19.1 Å². The van der Waals surface area contributed by atoms with Crippen molar-refractivity contribution < 1.29 is 9.21 Å². The predicted octanol–water partition coefficient (Wildman–Crippen LogP) is 0.676. The quantitative estimate of drug-likeness (QED) is 0.702. The van der Waals surface area contributed by atoms with Crippen molar-refractivity contribution in [3.63, 3.8) is 0 Å². The van der Waals surface area contributed by atoms with E-state index in [1.165, 1.54) is 0 Å². The van der Waals surface area contributed by atoms with E-state index in [9.17, 15) is 4.79 Å². The molecule has 1 amide bonds. The predicted molar refractivity (Wildman–Crippen MR) is 53.7 cm³/mol. The molecule has 4 heteroatoms. The molecule has 0 bridgehead atoms. The summed E-state index contributed by atoms with van der Waals surface area (Å²) in [5.74, 6) is 0.615. The molecular weight excluding hydrogens is 180 g/mol. The van der Waals surface area contributed by atoms with Gasteiger partial charge in [0.2, 0.25) is 5.91 Å². The topological polar surface area (TPSA) is 68.3 Å². The number of nitrogens with one attached hydrogen (secondary N) is 1. The molecule has 0 aliphatic heterocycles. The van der Waals surface area contributed by atoms with Crippen LogP contribution in [0.2, 0.25) is 0 Å². The Kier molecular flexibility index (Phi) is 4.19. The van der Waals surface area contributed by atoms with Crippen molar-refractivity contribution in [2.75, 3.05) is 6.54 Å². The van der Waals surface area contributed by atoms with Gasteiger partial charge in [0.1, 0.15) is 5.76 Å². The van der Waals surface area contributed by atoms with Gasteiger partial charge in [-0.05, 0) is 18.6 Å². The number of amides is 1. The van der Waals surface area contributed by atoms with Gasteiger partial charge in [-0.2, -0.15) is 0 Å². The Morgan fingerprint density at radius 3 is 3.00 bits per heavy atom. The maximum absolute atomic E-state index is 10.9. The number of nitrogens with two attached hydrogens (primary N) is 1. The molecule has 1 atom stereocenters. The molecule has 78 valence electrons. The van der Waals surface area contributed by atoms with Crippen molar-refractivity contribution in [2.24, 2.45) is 5.73 Å². The van der Waals surface area contributed by atoms with E-state index in [0.29, 0.717) is 13.0 Å². The standard InChI is InChI=1S/C10H16N2O2/c1-2-9(10(11)13)12-6-5-8-4-3-7-14-8/h3-4,7,9,12H,2,5-6H2,1H3,(H2,11,13). The molecule has 1 rings (SSSR count). The van der Waals surface area contributed by atoms with Gasteiger partial charge in [0.15, 0.2) is 0 Å². The zero-order chi connectivity index (χ0) is 10.4. The Labute approximate surface area is 83.5 Å². The summed E-state index contributed by atoms with van der Waals surface area (Å²) in [7, 11) is 0. The van der Waals surface area contributed by atoms with Crippen molar-refractivity contribution in [1.29, 1.82) is 0 Å². The van der Waals surface area contributed by atoms with Crippen LogP contribution in [-0.2, 0) is 11.2 Å². The minimum atomic E-state index is -0.299. The molecule has 0 aromatic carbocycles. The SMILES string of the molecule is CCC(NCCc1ccco1)C(N)=O. The molecular formula is C10H16N2O2. The number of carbonyl (C=O) groups is 1. The number of furan rings is 1. The molecule has 0 aliphatic carbocycles. The first kappa shape index (κ1) is 10.8. The van der Waals surface area contributed by atoms with Gasteiger partial charge in [-0.3, -0.25) is 4.79 Å². The van der Waals surface area contributed by atoms with Crippen molar-refractivity contribution in [3.8, 4) is 0 Å². The van der Waals surface area contributed by atoms with Crippen LogP contribution in [0, 0.1) is 0 Å². The van der Waals surface area contributed by atoms with Gasteiger partial charge in [-0.15, -0.1) is 0 Å². The van der Waals surface area contributed by atoms with E-state index in [-0.39, 0.29) is 11.9 Å². The molecule has 14 heavy (non-hydrogen) atoms. The van der Waals surface area contributed by atoms with Gasteiger partial charge in [-0.25, -0.2) is 0 Å². The number of hydrogen-bond donors (Lipinski definition) is 2. The number of carbonyl (C=O) groups excluding carboxylic acids is 1. The van der Waals surface area contributed by atoms with Crippen molar-refractivity contribution in [1.82, 2.24) is 5.32 Å². The highest BCUT2D eigenvalue weighted by molar-refractivity contribution is 5.79. The Bertz CT molecular complexity index is 270. The van der Waals surface area contributed by atoms with E-state index in [1.54, 1.807) is 6.26 Å². The molecule has 0 saturated heterocycles. The van der Waals surface area contributed by atoms with E-state index in [0.717, 1.165) is 12.2 Å². The van der Waals surface area contributed by atoms with Crippen LogP contribution in [0.3, 0.4) is 0 Å². The number of hydrogen-bond acceptors (Lipinski definition) is 3. The lowest BCUT2D eigenvalue weighted by atomic mass is 10.2. The zero-order valence-electron chi connectivity index (χ0n) is 8.32. The summed E-state index contributed by atoms with van der Waals surface area (Å²) < 4.78 is 5.15. The average molecular weight is 196 g/mol. The van der Waals surface area contributed by atoms with Crippen LogP contribution in [0.15, 0.2) is 22.8 Å². The van der Waals surface area contributed by atoms with Gasteiger partial charge >= 0.3 is 0 Å². The second-order valence-electron chi connectivity index (χ2n) is 3.15. The van der Waals surface area contributed by atoms with Gasteiger partial charge in [0.05, 0.1) is 12.3 Å². The smallest absolute Gasteiger partial charge is 0.234 e. The third-order valence-electron chi connectivity index (χ3n) is 2.09. The van der Waals surface area contributed by atoms with Crippen LogP contribution in [0.1, 0.15) is 19.1 Å². The summed E-state index contributed by atoms with van der Waals surface area (Å²) in [4.78, 5) is 10.9. The van der Waals surface area contributed by atoms with Gasteiger partial charge in [0, 0.05) is 13.0 Å². The minimum absolute atomic E-state index is 0.232. The van der Waals surface area contributed by atoms with Crippen molar-refractivity contribution in [3.05, 3.63) is 24.2 Å². The van der Waals surface area contributed by atoms with Crippen LogP contribution < -0.4 is 11.1 Å². The summed E-state index contributed by atoms with van der Waals surface area (Å²) in [6.45, 7) is 2.63. The van der Waals surface area contributed by atoms with Crippen molar-refractivity contribution in [2.45, 2.75) is 25.8 Å². The molecule has 1 heterocycles. The first-order valence-corrected chi connectivity index (χ1v) is 4.79. The molecule has 0 aliphatic rings. The summed E-state index contributed by atoms with van der Waals surface area (Å²) in [6, 6.07) is 3.53. The maximum atomic E-state index is 10.9. The third kappa shape index (κ3) is 3.22. The maximum Gasteiger partial charge on any atom is 0.234 e. The molecule has 1 aromatic rings. The lowest BCUT2D eigenvalue weighted by molar-refractivity contribution is -0.120. The Hall–Kier alpha value is -1.29. The fraction of sp³-hybridized carbons (Fsp3) is 0.500. The fourth-order valence-electron chi connectivity index (χ4n) is 1.27. The molecule has 1 aromatic heterocycles. The first-order valence-electron chi connectivity index (χ1n) is 4.79. The third-order valence-corrected chi connectivity index (χ3v) is 2.09. The zero-order valence-corrected chi connectivity index (χ0v) is 8.32. The minimum Gasteiger partial charge on any atom is -0.469 e. The van der Waals surface area contributed by atoms with Crippen LogP contribution in [-0.4, -0.2) is 18.5 Å². The van der Waals surface area contributed by atoms with Gasteiger partial charge in [0.25, 0.3) is 0 Å². The highest BCUT2D eigenvalue weighted by Gasteiger charge is 2.10. The molecule has 0 spiro atoms. The van der Waals surface area contributed by atoms with Crippen molar-refractivity contribution >= 4 is 5.91 Å². The number of rotatable bonds is 6. The van der Waals surface area contributed by atoms with E-state index < -0.39 is 0 Å². The fourth-order valence-corrected chi connectivity index (χ4v) is 1.27. The summed E-state index contributed by atoms with van der Waals surface area (Å²) in [5.41, 5.74) is 5.18. The highest BCUT2D eigenvalue weighted by atomic mass is 16.3. The normalized spacial score (nSPS) is 12.6. The molecule has 4 nitrogen and oxygen atoms in total. The van der Waals surface area contributed by atoms with E-state index in [4.69, 9.17) is 10.2 Å². The first-order chi connectivity index (χ1) is 6.74. The van der Waals surface area contributed by atoms with Gasteiger partial charge in [-0.1, -0.05) is 6.92 Å². The molecule has 3 N–H and O–H groups in total. The van der Waals surface area contributed by atoms with Crippen LogP contribution in [0.25, 0.3) is 0 Å². The van der Waals surface area contributed by atoms with E-state index in [2.05, 4.69) is 5.32 Å². The number of primary amides is 1. The van der Waals surface area contributed by atoms with E-state index >= 15 is 0 Å².